The van der Waals surface area contributed by atoms with E-state index in [4.69, 9.17) is 4.74 Å². The van der Waals surface area contributed by atoms with Crippen LogP contribution in [-0.2, 0) is 4.74 Å². The third kappa shape index (κ3) is 2.71. The van der Waals surface area contributed by atoms with Crippen LogP contribution in [0.2, 0.25) is 0 Å². The fourth-order valence-electron chi connectivity index (χ4n) is 1.92. The Morgan fingerprint density at radius 1 is 1.56 bits per heavy atom. The van der Waals surface area contributed by atoms with Crippen LogP contribution in [-0.4, -0.2) is 40.8 Å². The van der Waals surface area contributed by atoms with Crippen LogP contribution in [0.5, 0.6) is 0 Å². The summed E-state index contributed by atoms with van der Waals surface area (Å²) < 4.78 is 5.78. The number of ether oxygens (including phenoxy) is 1. The summed E-state index contributed by atoms with van der Waals surface area (Å²) in [6.45, 7) is 5.87. The van der Waals surface area contributed by atoms with Crippen LogP contribution in [0.3, 0.4) is 0 Å². The molecule has 4 nitrogen and oxygen atoms in total. The summed E-state index contributed by atoms with van der Waals surface area (Å²) >= 11 is 3.47. The van der Waals surface area contributed by atoms with E-state index in [9.17, 15) is 0 Å². The molecule has 0 bridgehead atoms. The van der Waals surface area contributed by atoms with E-state index >= 15 is 0 Å². The quantitative estimate of drug-likeness (QED) is 0.777. The lowest BCUT2D eigenvalue weighted by molar-refractivity contribution is -0.00228. The molecule has 16 heavy (non-hydrogen) atoms. The summed E-state index contributed by atoms with van der Waals surface area (Å²) in [5.41, 5.74) is 1.14. The number of halogens is 1. The van der Waals surface area contributed by atoms with Crippen molar-refractivity contribution in [3.05, 3.63) is 17.8 Å². The maximum absolute atomic E-state index is 5.78. The topological polar surface area (TPSA) is 38.2 Å². The molecule has 0 spiro atoms. The second kappa shape index (κ2) is 5.10. The van der Waals surface area contributed by atoms with Crippen molar-refractivity contribution < 1.29 is 4.74 Å². The molecule has 1 fully saturated rings. The molecular formula is C11H16BrN3O. The van der Waals surface area contributed by atoms with Gasteiger partial charge in [-0.15, -0.1) is 5.10 Å². The van der Waals surface area contributed by atoms with Gasteiger partial charge in [0, 0.05) is 18.4 Å². The SMILES string of the molecule is Cc1cnnc(N2CC(C)OC(CBr)C2)c1. The Morgan fingerprint density at radius 3 is 3.06 bits per heavy atom. The van der Waals surface area contributed by atoms with Crippen molar-refractivity contribution in [2.24, 2.45) is 0 Å². The molecule has 2 rings (SSSR count). The first-order valence-electron chi connectivity index (χ1n) is 5.44. The maximum Gasteiger partial charge on any atom is 0.151 e. The van der Waals surface area contributed by atoms with Gasteiger partial charge in [0.05, 0.1) is 18.4 Å². The zero-order chi connectivity index (χ0) is 11.5. The normalized spacial score (nSPS) is 25.8. The first kappa shape index (κ1) is 11.8. The summed E-state index contributed by atoms with van der Waals surface area (Å²) in [6, 6.07) is 2.07. The molecule has 2 heterocycles. The minimum atomic E-state index is 0.228. The Hall–Kier alpha value is -0.680. The minimum Gasteiger partial charge on any atom is -0.371 e. The van der Waals surface area contributed by atoms with Crippen molar-refractivity contribution in [1.29, 1.82) is 0 Å². The van der Waals surface area contributed by atoms with Crippen LogP contribution in [0, 0.1) is 6.92 Å². The fraction of sp³-hybridized carbons (Fsp3) is 0.636. The van der Waals surface area contributed by atoms with Gasteiger partial charge in [-0.3, -0.25) is 0 Å². The lowest BCUT2D eigenvalue weighted by atomic mass is 10.2. The van der Waals surface area contributed by atoms with E-state index in [1.807, 2.05) is 6.92 Å². The van der Waals surface area contributed by atoms with E-state index in [-0.39, 0.29) is 12.2 Å². The van der Waals surface area contributed by atoms with Crippen molar-refractivity contribution in [2.75, 3.05) is 23.3 Å². The van der Waals surface area contributed by atoms with Gasteiger partial charge >= 0.3 is 0 Å². The summed E-state index contributed by atoms with van der Waals surface area (Å²) in [5.74, 6) is 0.945. The molecule has 2 unspecified atom stereocenters. The van der Waals surface area contributed by atoms with Gasteiger partial charge in [-0.1, -0.05) is 15.9 Å². The molecule has 5 heteroatoms. The second-order valence-corrected chi connectivity index (χ2v) is 4.87. The predicted molar refractivity (Wildman–Crippen MR) is 67.1 cm³/mol. The zero-order valence-corrected chi connectivity index (χ0v) is 11.1. The molecule has 2 atom stereocenters. The van der Waals surface area contributed by atoms with Gasteiger partial charge in [-0.25, -0.2) is 0 Å². The predicted octanol–water partition coefficient (Wildman–Crippen LogP) is 1.77. The highest BCUT2D eigenvalue weighted by Gasteiger charge is 2.25. The molecule has 0 radical (unpaired) electrons. The molecule has 1 aromatic heterocycles. The number of nitrogens with zero attached hydrogens (tertiary/aromatic N) is 3. The van der Waals surface area contributed by atoms with Gasteiger partial charge in [-0.2, -0.15) is 5.10 Å². The Labute approximate surface area is 104 Å². The number of anilines is 1. The van der Waals surface area contributed by atoms with Crippen LogP contribution < -0.4 is 4.90 Å². The van der Waals surface area contributed by atoms with Gasteiger partial charge in [0.15, 0.2) is 5.82 Å². The van der Waals surface area contributed by atoms with Crippen LogP contribution in [0.1, 0.15) is 12.5 Å². The van der Waals surface area contributed by atoms with Crippen molar-refractivity contribution >= 4 is 21.7 Å². The Morgan fingerprint density at radius 2 is 2.38 bits per heavy atom. The average molecular weight is 286 g/mol. The summed E-state index contributed by atoms with van der Waals surface area (Å²) in [6.07, 6.45) is 2.24. The first-order valence-corrected chi connectivity index (χ1v) is 6.57. The molecule has 1 aliphatic heterocycles. The molecule has 1 aliphatic rings. The van der Waals surface area contributed by atoms with E-state index < -0.39 is 0 Å². The molecule has 0 N–H and O–H groups in total. The first-order chi connectivity index (χ1) is 7.69. The Kier molecular flexibility index (Phi) is 3.76. The van der Waals surface area contributed by atoms with E-state index in [1.54, 1.807) is 6.20 Å². The molecule has 0 saturated carbocycles. The molecule has 0 aliphatic carbocycles. The third-order valence-corrected chi connectivity index (χ3v) is 3.32. The molecule has 0 aromatic carbocycles. The largest absolute Gasteiger partial charge is 0.371 e. The number of aryl methyl sites for hydroxylation is 1. The Balaban J connectivity index is 2.14. The number of rotatable bonds is 2. The summed E-state index contributed by atoms with van der Waals surface area (Å²) in [5, 5.41) is 9.02. The molecule has 0 amide bonds. The second-order valence-electron chi connectivity index (χ2n) is 4.22. The lowest BCUT2D eigenvalue weighted by Crippen LogP contribution is -2.47. The standard InChI is InChI=1S/C11H16BrN3O/c1-8-3-11(14-13-5-8)15-6-9(2)16-10(4-12)7-15/h3,5,9-10H,4,6-7H2,1-2H3. The zero-order valence-electron chi connectivity index (χ0n) is 9.56. The van der Waals surface area contributed by atoms with Crippen molar-refractivity contribution in [1.82, 2.24) is 10.2 Å². The maximum atomic E-state index is 5.78. The molecule has 1 saturated heterocycles. The van der Waals surface area contributed by atoms with Gasteiger partial charge in [0.1, 0.15) is 0 Å². The minimum absolute atomic E-state index is 0.228. The van der Waals surface area contributed by atoms with Gasteiger partial charge in [0.2, 0.25) is 0 Å². The van der Waals surface area contributed by atoms with Gasteiger partial charge in [0.25, 0.3) is 0 Å². The van der Waals surface area contributed by atoms with Crippen LogP contribution in [0.15, 0.2) is 12.3 Å². The van der Waals surface area contributed by atoms with Crippen LogP contribution in [0.4, 0.5) is 5.82 Å². The van der Waals surface area contributed by atoms with Gasteiger partial charge < -0.3 is 9.64 Å². The molecular weight excluding hydrogens is 270 g/mol. The molecule has 1 aromatic rings. The number of aromatic nitrogens is 2. The van der Waals surface area contributed by atoms with E-state index in [0.29, 0.717) is 0 Å². The van der Waals surface area contributed by atoms with Crippen molar-refractivity contribution in [3.8, 4) is 0 Å². The Bertz CT molecular complexity index is 361. The lowest BCUT2D eigenvalue weighted by Gasteiger charge is -2.36. The molecule has 88 valence electrons. The highest BCUT2D eigenvalue weighted by Crippen LogP contribution is 2.19. The van der Waals surface area contributed by atoms with E-state index in [2.05, 4.69) is 44.0 Å². The average Bonchev–Trinajstić information content (AvgIpc) is 2.28. The van der Waals surface area contributed by atoms with Gasteiger partial charge in [-0.05, 0) is 25.5 Å². The monoisotopic (exact) mass is 285 g/mol. The van der Waals surface area contributed by atoms with Crippen molar-refractivity contribution in [3.63, 3.8) is 0 Å². The third-order valence-electron chi connectivity index (χ3n) is 2.60. The highest BCUT2D eigenvalue weighted by molar-refractivity contribution is 9.09. The number of morpholine rings is 1. The van der Waals surface area contributed by atoms with Crippen molar-refractivity contribution in [2.45, 2.75) is 26.1 Å². The van der Waals surface area contributed by atoms with Crippen LogP contribution >= 0.6 is 15.9 Å². The number of hydrogen-bond acceptors (Lipinski definition) is 4. The van der Waals surface area contributed by atoms with Crippen LogP contribution in [0.25, 0.3) is 0 Å². The fourth-order valence-corrected chi connectivity index (χ4v) is 2.28. The van der Waals surface area contributed by atoms with E-state index in [1.165, 1.54) is 0 Å². The smallest absolute Gasteiger partial charge is 0.151 e. The summed E-state index contributed by atoms with van der Waals surface area (Å²) in [7, 11) is 0. The number of alkyl halides is 1. The van der Waals surface area contributed by atoms with E-state index in [0.717, 1.165) is 29.8 Å². The summed E-state index contributed by atoms with van der Waals surface area (Å²) in [4.78, 5) is 2.24. The highest BCUT2D eigenvalue weighted by atomic mass is 79.9. The number of hydrogen-bond donors (Lipinski definition) is 0.